The van der Waals surface area contributed by atoms with Gasteiger partial charge in [0.1, 0.15) is 6.17 Å². The first-order chi connectivity index (χ1) is 22.2. The molecule has 232 valence electrons. The largest absolute Gasteiger partial charge is 0.301 e. The Balaban J connectivity index is 1.65. The highest BCUT2D eigenvalue weighted by Gasteiger charge is 2.62. The lowest BCUT2D eigenvalue weighted by molar-refractivity contribution is 0.120. The molecule has 0 aliphatic carbocycles. The summed E-state index contributed by atoms with van der Waals surface area (Å²) in [5.41, 5.74) is 12.1. The molecule has 5 aromatic rings. The zero-order chi connectivity index (χ0) is 32.4. The molecular weight excluding hydrogens is 560 g/mol. The number of para-hydroxylation sites is 2. The van der Waals surface area contributed by atoms with Gasteiger partial charge in [0, 0.05) is 33.3 Å². The minimum Gasteiger partial charge on any atom is -0.301 e. The summed E-state index contributed by atoms with van der Waals surface area (Å²) in [5, 5.41) is 0. The van der Waals surface area contributed by atoms with Crippen molar-refractivity contribution in [2.45, 2.75) is 72.9 Å². The van der Waals surface area contributed by atoms with Crippen LogP contribution in [0.5, 0.6) is 0 Å². The van der Waals surface area contributed by atoms with E-state index in [1.165, 1.54) is 33.5 Å². The van der Waals surface area contributed by atoms with Crippen molar-refractivity contribution in [3.05, 3.63) is 131 Å². The summed E-state index contributed by atoms with van der Waals surface area (Å²) < 4.78 is 0. The van der Waals surface area contributed by atoms with Crippen LogP contribution in [0, 0.1) is 33.1 Å². The average molecular weight is 605 g/mol. The van der Waals surface area contributed by atoms with Crippen LogP contribution in [0.25, 0.3) is 22.5 Å². The minimum atomic E-state index is -0.251. The SMILES string of the molecule is C=CC1(CC)c2ccccc2N2c3nc(-c4c(C)cccc4C)c(-c4c(C)cccc4C)nc3N(c3ccccc3)C2C1(C)CC. The molecule has 1 aromatic heterocycles. The fourth-order valence-electron chi connectivity index (χ4n) is 8.66. The number of anilines is 4. The summed E-state index contributed by atoms with van der Waals surface area (Å²) in [6.07, 6.45) is 4.06. The van der Waals surface area contributed by atoms with E-state index < -0.39 is 0 Å². The van der Waals surface area contributed by atoms with Crippen LogP contribution in [0.3, 0.4) is 0 Å². The van der Waals surface area contributed by atoms with Crippen molar-refractivity contribution < 1.29 is 0 Å². The van der Waals surface area contributed by atoms with Gasteiger partial charge in [-0.1, -0.05) is 99.6 Å². The molecule has 2 aliphatic rings. The van der Waals surface area contributed by atoms with E-state index in [1.807, 2.05) is 0 Å². The molecule has 7 rings (SSSR count). The molecule has 4 nitrogen and oxygen atoms in total. The standard InChI is InChI=1S/C42H44N4/c1-9-41(8)40-45(31-23-13-12-14-24-31)38-39(46(40)33-26-16-15-25-32(33)42(41,10-2)11-3)44-37(35-29(6)21-18-22-30(35)7)36(43-38)34-27(4)19-17-20-28(34)5/h10,12-26,40H,2,9,11H2,1,3-8H3. The number of rotatable bonds is 6. The highest BCUT2D eigenvalue weighted by atomic mass is 15.5. The molecule has 0 bridgehead atoms. The Kier molecular flexibility index (Phi) is 7.15. The molecule has 0 saturated heterocycles. The van der Waals surface area contributed by atoms with Crippen molar-refractivity contribution in [3.8, 4) is 22.5 Å². The van der Waals surface area contributed by atoms with Crippen molar-refractivity contribution in [1.82, 2.24) is 9.97 Å². The van der Waals surface area contributed by atoms with Gasteiger partial charge in [0.2, 0.25) is 0 Å². The van der Waals surface area contributed by atoms with Crippen molar-refractivity contribution in [1.29, 1.82) is 0 Å². The molecular formula is C42H44N4. The monoisotopic (exact) mass is 604 g/mol. The number of nitrogens with zero attached hydrogens (tertiary/aromatic N) is 4. The van der Waals surface area contributed by atoms with E-state index in [2.05, 4.69) is 162 Å². The average Bonchev–Trinajstić information content (AvgIpc) is 3.40. The van der Waals surface area contributed by atoms with Gasteiger partial charge < -0.3 is 9.80 Å². The minimum absolute atomic E-state index is 0.0678. The number of fused-ring (bicyclic) bond motifs is 5. The quantitative estimate of drug-likeness (QED) is 0.181. The molecule has 3 atom stereocenters. The molecule has 0 fully saturated rings. The lowest BCUT2D eigenvalue weighted by Gasteiger charge is -2.58. The van der Waals surface area contributed by atoms with Crippen LogP contribution in [-0.2, 0) is 5.41 Å². The van der Waals surface area contributed by atoms with Crippen molar-refractivity contribution in [3.63, 3.8) is 0 Å². The topological polar surface area (TPSA) is 32.3 Å². The smallest absolute Gasteiger partial charge is 0.179 e. The summed E-state index contributed by atoms with van der Waals surface area (Å²) in [4.78, 5) is 16.5. The van der Waals surface area contributed by atoms with Gasteiger partial charge in [-0.3, -0.25) is 0 Å². The van der Waals surface area contributed by atoms with Gasteiger partial charge in [0.15, 0.2) is 11.6 Å². The van der Waals surface area contributed by atoms with Crippen LogP contribution in [0.15, 0.2) is 104 Å². The van der Waals surface area contributed by atoms with Crippen LogP contribution in [0.4, 0.5) is 23.0 Å². The maximum absolute atomic E-state index is 5.76. The molecule has 0 amide bonds. The third-order valence-corrected chi connectivity index (χ3v) is 11.1. The molecule has 2 aliphatic heterocycles. The van der Waals surface area contributed by atoms with Gasteiger partial charge in [0.05, 0.1) is 11.4 Å². The number of allylic oxidation sites excluding steroid dienone is 1. The molecule has 4 heteroatoms. The summed E-state index contributed by atoms with van der Waals surface area (Å²) >= 11 is 0. The Hall–Kier alpha value is -4.70. The molecule has 4 aromatic carbocycles. The zero-order valence-corrected chi connectivity index (χ0v) is 28.2. The molecule has 0 radical (unpaired) electrons. The highest BCUT2D eigenvalue weighted by Crippen LogP contribution is 2.64. The van der Waals surface area contributed by atoms with Gasteiger partial charge in [-0.25, -0.2) is 9.97 Å². The lowest BCUT2D eigenvalue weighted by atomic mass is 9.54. The van der Waals surface area contributed by atoms with E-state index >= 15 is 0 Å². The predicted octanol–water partition coefficient (Wildman–Crippen LogP) is 10.9. The second-order valence-corrected chi connectivity index (χ2v) is 13.4. The Bertz CT molecular complexity index is 1940. The first kappa shape index (κ1) is 30.0. The van der Waals surface area contributed by atoms with Crippen LogP contribution in [-0.4, -0.2) is 16.1 Å². The number of aryl methyl sites for hydroxylation is 4. The predicted molar refractivity (Wildman–Crippen MR) is 193 cm³/mol. The van der Waals surface area contributed by atoms with E-state index in [0.29, 0.717) is 0 Å². The zero-order valence-electron chi connectivity index (χ0n) is 28.2. The number of hydrogen-bond acceptors (Lipinski definition) is 4. The lowest BCUT2D eigenvalue weighted by Crippen LogP contribution is -2.62. The molecule has 46 heavy (non-hydrogen) atoms. The van der Waals surface area contributed by atoms with Crippen LogP contribution < -0.4 is 9.80 Å². The van der Waals surface area contributed by atoms with E-state index in [4.69, 9.17) is 9.97 Å². The van der Waals surface area contributed by atoms with Crippen LogP contribution in [0.2, 0.25) is 0 Å². The van der Waals surface area contributed by atoms with Gasteiger partial charge in [-0.05, 0) is 86.6 Å². The first-order valence-corrected chi connectivity index (χ1v) is 16.6. The maximum atomic E-state index is 5.76. The second kappa shape index (κ2) is 11.0. The maximum Gasteiger partial charge on any atom is 0.179 e. The van der Waals surface area contributed by atoms with Crippen molar-refractivity contribution in [2.75, 3.05) is 9.80 Å². The summed E-state index contributed by atoms with van der Waals surface area (Å²) in [6, 6.07) is 32.7. The van der Waals surface area contributed by atoms with E-state index in [0.717, 1.165) is 52.7 Å². The Morgan fingerprint density at radius 1 is 0.652 bits per heavy atom. The van der Waals surface area contributed by atoms with E-state index in [1.54, 1.807) is 0 Å². The Morgan fingerprint density at radius 3 is 1.65 bits per heavy atom. The van der Waals surface area contributed by atoms with Gasteiger partial charge in [-0.2, -0.15) is 0 Å². The molecule has 3 heterocycles. The third kappa shape index (κ3) is 3.98. The summed E-state index contributed by atoms with van der Waals surface area (Å²) in [6.45, 7) is 20.4. The van der Waals surface area contributed by atoms with Crippen LogP contribution in [0.1, 0.15) is 61.4 Å². The normalized spacial score (nSPS) is 21.5. The van der Waals surface area contributed by atoms with Crippen molar-refractivity contribution in [2.24, 2.45) is 5.41 Å². The first-order valence-electron chi connectivity index (χ1n) is 16.6. The van der Waals surface area contributed by atoms with Crippen molar-refractivity contribution >= 4 is 23.0 Å². The third-order valence-electron chi connectivity index (χ3n) is 11.1. The number of benzene rings is 4. The fraction of sp³-hybridized carbons (Fsp3) is 0.286. The second-order valence-electron chi connectivity index (χ2n) is 13.4. The van der Waals surface area contributed by atoms with E-state index in [-0.39, 0.29) is 17.0 Å². The molecule has 3 unspecified atom stereocenters. The Labute approximate surface area is 274 Å². The van der Waals surface area contributed by atoms with Gasteiger partial charge >= 0.3 is 0 Å². The molecule has 0 spiro atoms. The Morgan fingerprint density at radius 2 is 1.15 bits per heavy atom. The molecule has 0 saturated carbocycles. The van der Waals surface area contributed by atoms with Gasteiger partial charge in [-0.15, -0.1) is 6.58 Å². The number of aromatic nitrogens is 2. The number of hydrogen-bond donors (Lipinski definition) is 0. The fourth-order valence-corrected chi connectivity index (χ4v) is 8.66. The van der Waals surface area contributed by atoms with Gasteiger partial charge in [0.25, 0.3) is 0 Å². The highest BCUT2D eigenvalue weighted by molar-refractivity contribution is 5.93. The summed E-state index contributed by atoms with van der Waals surface area (Å²) in [7, 11) is 0. The molecule has 0 N–H and O–H groups in total. The van der Waals surface area contributed by atoms with Crippen LogP contribution >= 0.6 is 0 Å². The summed E-state index contributed by atoms with van der Waals surface area (Å²) in [5.74, 6) is 1.80. The van der Waals surface area contributed by atoms with E-state index in [9.17, 15) is 0 Å².